The molecule has 3 heteroatoms. The number of hydrogen-bond donors (Lipinski definition) is 0. The third-order valence-electron chi connectivity index (χ3n) is 7.21. The topological polar surface area (TPSA) is 0 Å². The monoisotopic (exact) mass is 586 g/mol. The number of rotatable bonds is 6. The normalized spacial score (nSPS) is 10.6. The van der Waals surface area contributed by atoms with Gasteiger partial charge in [-0.2, -0.15) is 0 Å². The molecule has 0 aliphatic rings. The molecule has 4 rings (SSSR count). The van der Waals surface area contributed by atoms with E-state index in [1.807, 2.05) is 0 Å². The van der Waals surface area contributed by atoms with Gasteiger partial charge in [-0.05, 0) is 0 Å². The van der Waals surface area contributed by atoms with Gasteiger partial charge in [-0.1, -0.05) is 0 Å². The quantitative estimate of drug-likeness (QED) is 0.134. The van der Waals surface area contributed by atoms with Crippen LogP contribution in [0.4, 0.5) is 0 Å². The number of aryl methyl sites for hydroxylation is 8. The van der Waals surface area contributed by atoms with Gasteiger partial charge in [0.1, 0.15) is 0 Å². The van der Waals surface area contributed by atoms with Crippen molar-refractivity contribution in [1.29, 1.82) is 0 Å². The van der Waals surface area contributed by atoms with E-state index in [-0.39, 0.29) is 27.0 Å². The summed E-state index contributed by atoms with van der Waals surface area (Å²) in [6.45, 7) is 18.2. The Kier molecular flexibility index (Phi) is 11.2. The standard InChI is InChI=1S/C34H38Ge.2H2S/c1-9-27-13-11-14-28(10-2)33(27)35-34-29(31-23(5)17-21(3)18-24(31)6)15-12-16-30(34)32-25(7)19-22(4)20-26(32)8;;/h11-20H,9-10H2,1-8H3;2*1H2/p-2. The molecule has 2 radical (unpaired) electrons. The molecule has 194 valence electrons. The molecule has 0 aliphatic carbocycles. The Hall–Kier alpha value is -1.88. The summed E-state index contributed by atoms with van der Waals surface area (Å²) >= 11 is -0.573. The molecule has 0 saturated heterocycles. The molecular weight excluding hydrogens is 545 g/mol. The minimum Gasteiger partial charge on any atom is -0.813 e. The molecule has 0 heterocycles. The molecule has 0 atom stereocenters. The maximum absolute atomic E-state index is 2.38. The predicted molar refractivity (Wildman–Crippen MR) is 173 cm³/mol. The third-order valence-corrected chi connectivity index (χ3v) is 10.7. The van der Waals surface area contributed by atoms with Gasteiger partial charge in [0.25, 0.3) is 0 Å². The molecule has 0 spiro atoms. The van der Waals surface area contributed by atoms with Crippen LogP contribution in [0.2, 0.25) is 0 Å². The molecule has 0 aliphatic heterocycles. The van der Waals surface area contributed by atoms with Gasteiger partial charge < -0.3 is 27.0 Å². The van der Waals surface area contributed by atoms with E-state index >= 15 is 0 Å². The largest absolute Gasteiger partial charge is 0.813 e. The molecule has 4 aromatic carbocycles. The van der Waals surface area contributed by atoms with E-state index in [4.69, 9.17) is 0 Å². The second kappa shape index (κ2) is 13.3. The molecule has 0 amide bonds. The Morgan fingerprint density at radius 2 is 0.865 bits per heavy atom. The first-order valence-corrected chi connectivity index (χ1v) is 15.0. The summed E-state index contributed by atoms with van der Waals surface area (Å²) in [6.07, 6.45) is 2.19. The minimum absolute atomic E-state index is 0. The van der Waals surface area contributed by atoms with Gasteiger partial charge in [0, 0.05) is 0 Å². The van der Waals surface area contributed by atoms with Crippen LogP contribution in [0, 0.1) is 41.5 Å². The molecule has 0 nitrogen and oxygen atoms in total. The second-order valence-corrected chi connectivity index (χ2v) is 12.7. The molecule has 0 fully saturated rings. The molecule has 0 aromatic heterocycles. The average molecular weight is 585 g/mol. The van der Waals surface area contributed by atoms with E-state index in [2.05, 4.69) is 116 Å². The summed E-state index contributed by atoms with van der Waals surface area (Å²) in [6, 6.07) is 23.4. The first-order valence-electron chi connectivity index (χ1n) is 12.9. The van der Waals surface area contributed by atoms with Gasteiger partial charge in [-0.25, -0.2) is 0 Å². The molecule has 4 aromatic rings. The Morgan fingerprint density at radius 1 is 0.514 bits per heavy atom. The summed E-state index contributed by atoms with van der Waals surface area (Å²) < 4.78 is 3.21. The van der Waals surface area contributed by atoms with E-state index in [0.29, 0.717) is 0 Å². The van der Waals surface area contributed by atoms with Crippen molar-refractivity contribution in [1.82, 2.24) is 0 Å². The van der Waals surface area contributed by atoms with Crippen LogP contribution in [0.15, 0.2) is 60.7 Å². The van der Waals surface area contributed by atoms with Crippen molar-refractivity contribution in [3.8, 4) is 22.3 Å². The summed E-state index contributed by atoms with van der Waals surface area (Å²) in [5.74, 6) is 0. The van der Waals surface area contributed by atoms with Gasteiger partial charge in [0.05, 0.1) is 0 Å². The summed E-state index contributed by atoms with van der Waals surface area (Å²) in [7, 11) is 0. The fraction of sp³-hybridized carbons (Fsp3) is 0.294. The molecular formula is C34H40GeS2-2. The van der Waals surface area contributed by atoms with Crippen molar-refractivity contribution >= 4 is 51.2 Å². The Labute approximate surface area is 245 Å². The molecule has 0 unspecified atom stereocenters. The van der Waals surface area contributed by atoms with E-state index in [1.54, 1.807) is 8.79 Å². The third kappa shape index (κ3) is 6.41. The molecule has 0 N–H and O–H groups in total. The van der Waals surface area contributed by atoms with Crippen molar-refractivity contribution in [2.24, 2.45) is 0 Å². The van der Waals surface area contributed by atoms with Crippen LogP contribution in [0.3, 0.4) is 0 Å². The Balaban J connectivity index is 0.00000241. The van der Waals surface area contributed by atoms with E-state index < -0.39 is 15.4 Å². The van der Waals surface area contributed by atoms with Gasteiger partial charge in [-0.3, -0.25) is 0 Å². The zero-order chi connectivity index (χ0) is 25.3. The van der Waals surface area contributed by atoms with E-state index in [9.17, 15) is 0 Å². The van der Waals surface area contributed by atoms with Crippen LogP contribution in [0.1, 0.15) is 58.4 Å². The van der Waals surface area contributed by atoms with Crippen LogP contribution < -0.4 is 8.79 Å². The minimum atomic E-state index is -0.573. The zero-order valence-electron chi connectivity index (χ0n) is 23.6. The van der Waals surface area contributed by atoms with Gasteiger partial charge in [0.2, 0.25) is 0 Å². The van der Waals surface area contributed by atoms with Crippen LogP contribution >= 0.6 is 0 Å². The van der Waals surface area contributed by atoms with Crippen LogP contribution in [-0.4, -0.2) is 15.4 Å². The molecule has 37 heavy (non-hydrogen) atoms. The number of hydrogen-bond acceptors (Lipinski definition) is 2. The van der Waals surface area contributed by atoms with Gasteiger partial charge in [0.15, 0.2) is 0 Å². The Morgan fingerprint density at radius 3 is 1.22 bits per heavy atom. The van der Waals surface area contributed by atoms with Crippen molar-refractivity contribution in [2.45, 2.75) is 68.2 Å². The number of benzene rings is 4. The fourth-order valence-corrected chi connectivity index (χ4v) is 9.57. The summed E-state index contributed by atoms with van der Waals surface area (Å²) in [5.41, 5.74) is 17.0. The van der Waals surface area contributed by atoms with Crippen molar-refractivity contribution in [3.05, 3.63) is 105 Å². The smallest absolute Gasteiger partial charge is 0.813 e. The van der Waals surface area contributed by atoms with Gasteiger partial charge >= 0.3 is 220 Å². The predicted octanol–water partition coefficient (Wildman–Crippen LogP) is 7.11. The second-order valence-electron chi connectivity index (χ2n) is 10.1. The number of thiol groups is 2. The SMILES string of the molecule is CCc1cccc(CC)[c]1[Ge][c]1c(-c2c(C)cc(C)cc2C)cccc1-c1c(C)cc(C)cc1C.[SH-].[SH-]. The zero-order valence-corrected chi connectivity index (χ0v) is 27.5. The first kappa shape index (κ1) is 31.3. The maximum atomic E-state index is 2.38. The molecule has 0 bridgehead atoms. The average Bonchev–Trinajstić information content (AvgIpc) is 2.79. The Bertz CT molecular complexity index is 1260. The van der Waals surface area contributed by atoms with Crippen molar-refractivity contribution in [3.63, 3.8) is 0 Å². The van der Waals surface area contributed by atoms with Crippen LogP contribution in [-0.2, 0) is 39.8 Å². The van der Waals surface area contributed by atoms with Crippen LogP contribution in [0.25, 0.3) is 22.3 Å². The first-order chi connectivity index (χ1) is 16.7. The fourth-order valence-electron chi connectivity index (χ4n) is 5.84. The van der Waals surface area contributed by atoms with Crippen LogP contribution in [0.5, 0.6) is 0 Å². The van der Waals surface area contributed by atoms with Crippen molar-refractivity contribution < 1.29 is 0 Å². The summed E-state index contributed by atoms with van der Waals surface area (Å²) in [5, 5.41) is 0. The van der Waals surface area contributed by atoms with Crippen molar-refractivity contribution in [2.75, 3.05) is 0 Å². The molecule has 0 saturated carbocycles. The van der Waals surface area contributed by atoms with Gasteiger partial charge in [-0.15, -0.1) is 0 Å². The summed E-state index contributed by atoms with van der Waals surface area (Å²) in [4.78, 5) is 0. The maximum Gasteiger partial charge on any atom is -0.813 e. The van der Waals surface area contributed by atoms with E-state index in [1.165, 1.54) is 66.8 Å². The van der Waals surface area contributed by atoms with E-state index in [0.717, 1.165) is 12.8 Å².